The van der Waals surface area contributed by atoms with Crippen LogP contribution in [-0.2, 0) is 0 Å². The second-order valence-electron chi connectivity index (χ2n) is 7.34. The second-order valence-corrected chi connectivity index (χ2v) is 8.40. The van der Waals surface area contributed by atoms with E-state index in [1.807, 2.05) is 66.7 Å². The van der Waals surface area contributed by atoms with Gasteiger partial charge in [0.05, 0.1) is 12.7 Å². The van der Waals surface area contributed by atoms with Gasteiger partial charge in [-0.25, -0.2) is 0 Å². The summed E-state index contributed by atoms with van der Waals surface area (Å²) in [5.74, 6) is 0.301. The van der Waals surface area contributed by atoms with Crippen LogP contribution in [0.4, 0.5) is 5.00 Å². The molecule has 0 aliphatic heterocycles. The predicted octanol–water partition coefficient (Wildman–Crippen LogP) is 6.34. The lowest BCUT2D eigenvalue weighted by Crippen LogP contribution is -2.15. The maximum absolute atomic E-state index is 13.6. The van der Waals surface area contributed by atoms with E-state index in [0.29, 0.717) is 27.3 Å². The van der Waals surface area contributed by atoms with E-state index in [1.54, 1.807) is 31.4 Å². The van der Waals surface area contributed by atoms with E-state index >= 15 is 0 Å². The van der Waals surface area contributed by atoms with Crippen molar-refractivity contribution in [2.75, 3.05) is 12.4 Å². The molecule has 5 heteroatoms. The zero-order chi connectivity index (χ0) is 22.1. The van der Waals surface area contributed by atoms with E-state index in [9.17, 15) is 9.59 Å². The Bertz CT molecular complexity index is 1530. The Morgan fingerprint density at radius 2 is 1.56 bits per heavy atom. The van der Waals surface area contributed by atoms with Crippen molar-refractivity contribution in [2.45, 2.75) is 0 Å². The third kappa shape index (κ3) is 3.53. The summed E-state index contributed by atoms with van der Waals surface area (Å²) in [6.07, 6.45) is 0. The fraction of sp³-hybridized carbons (Fsp3) is 0.0370. The Morgan fingerprint density at radius 3 is 2.41 bits per heavy atom. The van der Waals surface area contributed by atoms with Gasteiger partial charge in [0.1, 0.15) is 10.8 Å². The zero-order valence-corrected chi connectivity index (χ0v) is 18.1. The largest absolute Gasteiger partial charge is 0.497 e. The van der Waals surface area contributed by atoms with Crippen molar-refractivity contribution >= 4 is 43.1 Å². The quantitative estimate of drug-likeness (QED) is 0.357. The standard InChI is InChI=1S/C27H19NO3S/c1-31-19-11-6-10-18(16-19)26(30)28-27-24(25(29)22-13-4-5-15-23(22)32-27)21-14-7-9-17-8-2-3-12-20(17)21/h2-16H,1H3,(H,28,30). The number of methoxy groups -OCH3 is 1. The molecule has 0 saturated carbocycles. The molecule has 5 aromatic rings. The molecule has 1 aromatic heterocycles. The smallest absolute Gasteiger partial charge is 0.256 e. The molecular weight excluding hydrogens is 418 g/mol. The first-order valence-electron chi connectivity index (χ1n) is 10.1. The third-order valence-electron chi connectivity index (χ3n) is 5.42. The Hall–Kier alpha value is -3.96. The molecule has 0 spiro atoms. The summed E-state index contributed by atoms with van der Waals surface area (Å²) in [5, 5.41) is 6.16. The number of fused-ring (bicyclic) bond motifs is 2. The number of carbonyl (C=O) groups excluding carboxylic acids is 1. The molecule has 0 bridgehead atoms. The Kier molecular flexibility index (Phi) is 5.17. The lowest BCUT2D eigenvalue weighted by molar-refractivity contribution is 0.102. The van der Waals surface area contributed by atoms with Gasteiger partial charge in [0.15, 0.2) is 5.43 Å². The van der Waals surface area contributed by atoms with Crippen LogP contribution in [0.3, 0.4) is 0 Å². The van der Waals surface area contributed by atoms with Gasteiger partial charge in [-0.2, -0.15) is 0 Å². The van der Waals surface area contributed by atoms with Gasteiger partial charge in [-0.3, -0.25) is 9.59 Å². The molecule has 0 radical (unpaired) electrons. The highest BCUT2D eigenvalue weighted by Gasteiger charge is 2.19. The van der Waals surface area contributed by atoms with Crippen LogP contribution in [0, 0.1) is 0 Å². The molecule has 1 heterocycles. The topological polar surface area (TPSA) is 55.4 Å². The highest BCUT2D eigenvalue weighted by atomic mass is 32.1. The van der Waals surface area contributed by atoms with E-state index < -0.39 is 0 Å². The fourth-order valence-corrected chi connectivity index (χ4v) is 4.94. The summed E-state index contributed by atoms with van der Waals surface area (Å²) < 4.78 is 6.07. The molecule has 5 rings (SSSR count). The molecule has 0 aliphatic rings. The van der Waals surface area contributed by atoms with Gasteiger partial charge in [-0.1, -0.05) is 60.7 Å². The van der Waals surface area contributed by atoms with E-state index in [1.165, 1.54) is 11.3 Å². The maximum atomic E-state index is 13.6. The van der Waals surface area contributed by atoms with E-state index in [0.717, 1.165) is 21.0 Å². The van der Waals surface area contributed by atoms with Gasteiger partial charge in [-0.05, 0) is 46.7 Å². The monoisotopic (exact) mass is 437 g/mol. The van der Waals surface area contributed by atoms with Crippen LogP contribution in [0.15, 0.2) is 95.8 Å². The molecule has 156 valence electrons. The van der Waals surface area contributed by atoms with Crippen molar-refractivity contribution < 1.29 is 9.53 Å². The summed E-state index contributed by atoms with van der Waals surface area (Å²) in [5.41, 5.74) is 1.66. The van der Waals surface area contributed by atoms with Crippen molar-refractivity contribution in [2.24, 2.45) is 0 Å². The molecule has 0 aliphatic carbocycles. The van der Waals surface area contributed by atoms with Gasteiger partial charge in [0.2, 0.25) is 0 Å². The summed E-state index contributed by atoms with van der Waals surface area (Å²) in [4.78, 5) is 26.8. The first-order chi connectivity index (χ1) is 15.7. The number of anilines is 1. The minimum Gasteiger partial charge on any atom is -0.497 e. The van der Waals surface area contributed by atoms with Crippen LogP contribution in [0.1, 0.15) is 10.4 Å². The molecule has 1 amide bonds. The van der Waals surface area contributed by atoms with Crippen molar-refractivity contribution in [3.8, 4) is 16.9 Å². The highest BCUT2D eigenvalue weighted by molar-refractivity contribution is 7.22. The molecule has 4 aromatic carbocycles. The molecule has 0 fully saturated rings. The number of benzene rings is 4. The number of hydrogen-bond acceptors (Lipinski definition) is 4. The van der Waals surface area contributed by atoms with Gasteiger partial charge >= 0.3 is 0 Å². The maximum Gasteiger partial charge on any atom is 0.256 e. The van der Waals surface area contributed by atoms with Crippen LogP contribution in [-0.4, -0.2) is 13.0 Å². The van der Waals surface area contributed by atoms with Crippen LogP contribution < -0.4 is 15.5 Å². The van der Waals surface area contributed by atoms with Crippen molar-refractivity contribution in [3.05, 3.63) is 107 Å². The van der Waals surface area contributed by atoms with Gasteiger partial charge in [-0.15, -0.1) is 11.3 Å². The Labute approximate surface area is 188 Å². The molecule has 32 heavy (non-hydrogen) atoms. The number of carbonyl (C=O) groups is 1. The first-order valence-corrected chi connectivity index (χ1v) is 11.0. The summed E-state index contributed by atoms with van der Waals surface area (Å²) in [6.45, 7) is 0. The Morgan fingerprint density at radius 1 is 0.844 bits per heavy atom. The number of nitrogens with one attached hydrogen (secondary N) is 1. The molecule has 4 nitrogen and oxygen atoms in total. The van der Waals surface area contributed by atoms with Crippen LogP contribution in [0.5, 0.6) is 5.75 Å². The van der Waals surface area contributed by atoms with Crippen LogP contribution >= 0.6 is 11.3 Å². The average Bonchev–Trinajstić information content (AvgIpc) is 2.84. The third-order valence-corrected chi connectivity index (χ3v) is 6.50. The van der Waals surface area contributed by atoms with Gasteiger partial charge in [0, 0.05) is 15.6 Å². The van der Waals surface area contributed by atoms with Gasteiger partial charge in [0.25, 0.3) is 5.91 Å². The van der Waals surface area contributed by atoms with Crippen molar-refractivity contribution in [1.82, 2.24) is 0 Å². The van der Waals surface area contributed by atoms with Crippen molar-refractivity contribution in [1.29, 1.82) is 0 Å². The lowest BCUT2D eigenvalue weighted by Gasteiger charge is -2.14. The first kappa shape index (κ1) is 20.0. The average molecular weight is 438 g/mol. The minimum atomic E-state index is -0.295. The molecule has 0 atom stereocenters. The number of hydrogen-bond donors (Lipinski definition) is 1. The number of rotatable bonds is 4. The minimum absolute atomic E-state index is 0.100. The summed E-state index contributed by atoms with van der Waals surface area (Å²) in [7, 11) is 1.56. The molecule has 0 unspecified atom stereocenters. The number of amides is 1. The van der Waals surface area contributed by atoms with Crippen LogP contribution in [0.25, 0.3) is 32.0 Å². The summed E-state index contributed by atoms with van der Waals surface area (Å²) >= 11 is 1.40. The van der Waals surface area contributed by atoms with Crippen LogP contribution in [0.2, 0.25) is 0 Å². The van der Waals surface area contributed by atoms with Gasteiger partial charge < -0.3 is 10.1 Å². The fourth-order valence-electron chi connectivity index (χ4n) is 3.86. The SMILES string of the molecule is COc1cccc(C(=O)Nc2sc3ccccc3c(=O)c2-c2cccc3ccccc23)c1. The molecule has 0 saturated heterocycles. The number of ether oxygens (including phenoxy) is 1. The molecular formula is C27H19NO3S. The normalized spacial score (nSPS) is 10.9. The lowest BCUT2D eigenvalue weighted by atomic mass is 9.98. The highest BCUT2D eigenvalue weighted by Crippen LogP contribution is 2.37. The summed E-state index contributed by atoms with van der Waals surface area (Å²) in [6, 6.07) is 28.3. The van der Waals surface area contributed by atoms with E-state index in [4.69, 9.17) is 4.74 Å². The van der Waals surface area contributed by atoms with E-state index in [2.05, 4.69) is 5.32 Å². The second kappa shape index (κ2) is 8.29. The van der Waals surface area contributed by atoms with E-state index in [-0.39, 0.29) is 11.3 Å². The van der Waals surface area contributed by atoms with Crippen molar-refractivity contribution in [3.63, 3.8) is 0 Å². The zero-order valence-electron chi connectivity index (χ0n) is 17.3. The molecule has 1 N–H and O–H groups in total. The Balaban J connectivity index is 1.73. The predicted molar refractivity (Wildman–Crippen MR) is 132 cm³/mol.